The summed E-state index contributed by atoms with van der Waals surface area (Å²) in [7, 11) is 0. The van der Waals surface area contributed by atoms with Gasteiger partial charge < -0.3 is 10.4 Å². The fourth-order valence-corrected chi connectivity index (χ4v) is 3.36. The summed E-state index contributed by atoms with van der Waals surface area (Å²) >= 11 is 4.16. The molecule has 0 atom stereocenters. The molecule has 1 aliphatic heterocycles. The number of nitrogens with zero attached hydrogens (tertiary/aromatic N) is 2. The van der Waals surface area contributed by atoms with Crippen LogP contribution in [-0.2, 0) is 4.79 Å². The number of rotatable bonds is 3. The van der Waals surface area contributed by atoms with E-state index in [2.05, 4.69) is 26.2 Å². The molecule has 0 aromatic heterocycles. The van der Waals surface area contributed by atoms with Gasteiger partial charge in [0.25, 0.3) is 11.6 Å². The van der Waals surface area contributed by atoms with Crippen LogP contribution in [-0.4, -0.2) is 21.1 Å². The Hall–Kier alpha value is -2.65. The van der Waals surface area contributed by atoms with E-state index in [1.54, 1.807) is 12.1 Å². The molecule has 1 saturated heterocycles. The Balaban J connectivity index is 1.93. The normalized spacial score (nSPS) is 17.1. The molecule has 1 heterocycles. The maximum absolute atomic E-state index is 12.1. The van der Waals surface area contributed by atoms with Crippen molar-refractivity contribution in [3.8, 4) is 5.75 Å². The SMILES string of the molecule is O=C1NC(=Nc2ccccc2)S/C1=C/c1cc([N+](=O)[O-])cc(Br)c1O. The number of carbonyl (C=O) groups excluding carboxylic acids is 1. The van der Waals surface area contributed by atoms with Crippen molar-refractivity contribution in [3.05, 3.63) is 67.5 Å². The molecule has 0 radical (unpaired) electrons. The average molecular weight is 420 g/mol. The molecule has 126 valence electrons. The number of phenolic OH excluding ortho intramolecular Hbond substituents is 1. The number of hydrogen-bond donors (Lipinski definition) is 2. The van der Waals surface area contributed by atoms with Crippen molar-refractivity contribution >= 4 is 56.2 Å². The van der Waals surface area contributed by atoms with Crippen molar-refractivity contribution in [1.82, 2.24) is 5.32 Å². The predicted molar refractivity (Wildman–Crippen MR) is 99.7 cm³/mol. The first kappa shape index (κ1) is 17.2. The quantitative estimate of drug-likeness (QED) is 0.445. The van der Waals surface area contributed by atoms with E-state index in [0.717, 1.165) is 11.8 Å². The Bertz CT molecular complexity index is 928. The smallest absolute Gasteiger partial charge is 0.271 e. The maximum Gasteiger partial charge on any atom is 0.271 e. The molecular formula is C16H10BrN3O4S. The molecule has 1 fully saturated rings. The molecule has 0 spiro atoms. The van der Waals surface area contributed by atoms with E-state index in [0.29, 0.717) is 10.9 Å². The van der Waals surface area contributed by atoms with E-state index in [-0.39, 0.29) is 32.3 Å². The van der Waals surface area contributed by atoms with Gasteiger partial charge in [-0.25, -0.2) is 4.99 Å². The van der Waals surface area contributed by atoms with Crippen molar-refractivity contribution in [2.45, 2.75) is 0 Å². The highest BCUT2D eigenvalue weighted by Crippen LogP contribution is 2.36. The van der Waals surface area contributed by atoms with Crippen LogP contribution in [0.3, 0.4) is 0 Å². The molecule has 2 aromatic carbocycles. The standard InChI is InChI=1S/C16H10BrN3O4S/c17-12-8-11(20(23)24)6-9(14(12)21)7-13-15(22)19-16(25-13)18-10-4-2-1-3-5-10/h1-8,21H,(H,18,19,22)/b13-7+. The number of non-ortho nitro benzene ring substituents is 1. The van der Waals surface area contributed by atoms with Gasteiger partial charge in [0.05, 0.1) is 20.0 Å². The van der Waals surface area contributed by atoms with Gasteiger partial charge >= 0.3 is 0 Å². The molecular weight excluding hydrogens is 410 g/mol. The molecule has 7 nitrogen and oxygen atoms in total. The van der Waals surface area contributed by atoms with Crippen LogP contribution in [0.25, 0.3) is 6.08 Å². The number of amidine groups is 1. The number of thioether (sulfide) groups is 1. The van der Waals surface area contributed by atoms with E-state index in [4.69, 9.17) is 0 Å². The van der Waals surface area contributed by atoms with Crippen LogP contribution >= 0.6 is 27.7 Å². The van der Waals surface area contributed by atoms with Gasteiger partial charge in [0, 0.05) is 17.7 Å². The summed E-state index contributed by atoms with van der Waals surface area (Å²) in [6, 6.07) is 11.5. The zero-order valence-corrected chi connectivity index (χ0v) is 14.9. The van der Waals surface area contributed by atoms with Crippen LogP contribution in [0.15, 0.2) is 56.8 Å². The van der Waals surface area contributed by atoms with Crippen LogP contribution < -0.4 is 5.32 Å². The number of nitro groups is 1. The second-order valence-corrected chi connectivity index (χ2v) is 6.82. The van der Waals surface area contributed by atoms with Gasteiger partial charge in [0.15, 0.2) is 5.17 Å². The minimum absolute atomic E-state index is 0.166. The molecule has 0 aliphatic carbocycles. The monoisotopic (exact) mass is 419 g/mol. The van der Waals surface area contributed by atoms with E-state index < -0.39 is 4.92 Å². The van der Waals surface area contributed by atoms with Crippen LogP contribution in [0.2, 0.25) is 0 Å². The Kier molecular flexibility index (Phi) is 4.86. The van der Waals surface area contributed by atoms with Crippen LogP contribution in [0.5, 0.6) is 5.75 Å². The minimum Gasteiger partial charge on any atom is -0.506 e. The second-order valence-electron chi connectivity index (χ2n) is 4.94. The number of aliphatic imine (C=N–C) groups is 1. The number of phenols is 1. The fourth-order valence-electron chi connectivity index (χ4n) is 2.06. The lowest BCUT2D eigenvalue weighted by molar-refractivity contribution is -0.385. The largest absolute Gasteiger partial charge is 0.506 e. The van der Waals surface area contributed by atoms with Crippen molar-refractivity contribution in [3.63, 3.8) is 0 Å². The van der Waals surface area contributed by atoms with Crippen LogP contribution in [0, 0.1) is 10.1 Å². The van der Waals surface area contributed by atoms with Gasteiger partial charge in [-0.15, -0.1) is 0 Å². The zero-order chi connectivity index (χ0) is 18.0. The topological polar surface area (TPSA) is 105 Å². The number of halogens is 1. The van der Waals surface area contributed by atoms with Gasteiger partial charge in [-0.3, -0.25) is 14.9 Å². The molecule has 2 aromatic rings. The molecule has 2 N–H and O–H groups in total. The number of hydrogen-bond acceptors (Lipinski definition) is 6. The first-order chi connectivity index (χ1) is 11.9. The van der Waals surface area contributed by atoms with Crippen molar-refractivity contribution in [2.24, 2.45) is 4.99 Å². The molecule has 0 unspecified atom stereocenters. The molecule has 3 rings (SSSR count). The van der Waals surface area contributed by atoms with Gasteiger partial charge in [-0.1, -0.05) is 18.2 Å². The summed E-state index contributed by atoms with van der Waals surface area (Å²) in [4.78, 5) is 27.1. The third kappa shape index (κ3) is 3.89. The summed E-state index contributed by atoms with van der Waals surface area (Å²) < 4.78 is 0.176. The molecule has 1 aliphatic rings. The van der Waals surface area contributed by atoms with E-state index in [1.165, 1.54) is 18.2 Å². The Morgan fingerprint density at radius 3 is 2.68 bits per heavy atom. The lowest BCUT2D eigenvalue weighted by atomic mass is 10.1. The summed E-state index contributed by atoms with van der Waals surface area (Å²) in [5, 5.41) is 24.0. The maximum atomic E-state index is 12.1. The summed E-state index contributed by atoms with van der Waals surface area (Å²) in [6.07, 6.45) is 1.39. The summed E-state index contributed by atoms with van der Waals surface area (Å²) in [5.74, 6) is -0.568. The number of amides is 1. The third-order valence-electron chi connectivity index (χ3n) is 3.21. The Labute approximate surface area is 154 Å². The van der Waals surface area contributed by atoms with Crippen LogP contribution in [0.1, 0.15) is 5.56 Å². The van der Waals surface area contributed by atoms with Gasteiger partial charge in [-0.2, -0.15) is 0 Å². The number of para-hydroxylation sites is 1. The number of aromatic hydroxyl groups is 1. The van der Waals surface area contributed by atoms with Gasteiger partial charge in [0.1, 0.15) is 5.75 Å². The molecule has 1 amide bonds. The molecule has 25 heavy (non-hydrogen) atoms. The average Bonchev–Trinajstić information content (AvgIpc) is 2.91. The minimum atomic E-state index is -0.573. The Morgan fingerprint density at radius 2 is 2.00 bits per heavy atom. The third-order valence-corrected chi connectivity index (χ3v) is 4.73. The molecule has 0 bridgehead atoms. The van der Waals surface area contributed by atoms with Crippen molar-refractivity contribution in [2.75, 3.05) is 0 Å². The van der Waals surface area contributed by atoms with Crippen LogP contribution in [0.4, 0.5) is 11.4 Å². The van der Waals surface area contributed by atoms with Crippen molar-refractivity contribution in [1.29, 1.82) is 0 Å². The first-order valence-corrected chi connectivity index (χ1v) is 8.56. The lowest BCUT2D eigenvalue weighted by Gasteiger charge is -2.03. The Morgan fingerprint density at radius 1 is 1.28 bits per heavy atom. The summed E-state index contributed by atoms with van der Waals surface area (Å²) in [5.41, 5.74) is 0.658. The molecule has 9 heteroatoms. The predicted octanol–water partition coefficient (Wildman–Crippen LogP) is 3.95. The van der Waals surface area contributed by atoms with Crippen molar-refractivity contribution < 1.29 is 14.8 Å². The lowest BCUT2D eigenvalue weighted by Crippen LogP contribution is -2.19. The van der Waals surface area contributed by atoms with Gasteiger partial charge in [-0.05, 0) is 45.9 Å². The highest BCUT2D eigenvalue weighted by atomic mass is 79.9. The van der Waals surface area contributed by atoms with E-state index >= 15 is 0 Å². The highest BCUT2D eigenvalue weighted by molar-refractivity contribution is 9.10. The molecule has 0 saturated carbocycles. The van der Waals surface area contributed by atoms with E-state index in [9.17, 15) is 20.0 Å². The number of nitro benzene ring substituents is 1. The number of carbonyl (C=O) groups is 1. The number of nitrogens with one attached hydrogen (secondary N) is 1. The first-order valence-electron chi connectivity index (χ1n) is 6.95. The van der Waals surface area contributed by atoms with Gasteiger partial charge in [0.2, 0.25) is 0 Å². The fraction of sp³-hybridized carbons (Fsp3) is 0. The zero-order valence-electron chi connectivity index (χ0n) is 12.5. The second kappa shape index (κ2) is 7.08. The summed E-state index contributed by atoms with van der Waals surface area (Å²) in [6.45, 7) is 0. The number of benzene rings is 2. The highest BCUT2D eigenvalue weighted by Gasteiger charge is 2.25. The van der Waals surface area contributed by atoms with E-state index in [1.807, 2.05) is 18.2 Å².